The number of methoxy groups -OCH3 is 2. The van der Waals surface area contributed by atoms with Crippen LogP contribution in [-0.2, 0) is 28.7 Å². The molecule has 0 fully saturated rings. The number of Topliss-reactive ketones (excluding diaryl/α,β-unsaturated/α-hetero) is 2. The quantitative estimate of drug-likeness (QED) is 0.286. The molecule has 0 bridgehead atoms. The molecule has 0 saturated carbocycles. The summed E-state index contributed by atoms with van der Waals surface area (Å²) in [5, 5.41) is 22.3. The fourth-order valence-electron chi connectivity index (χ4n) is 4.86. The molecule has 0 unspecified atom stereocenters. The molecule has 2 aromatic carbocycles. The number of hydrogen-bond acceptors (Lipinski definition) is 8. The molecule has 2 aromatic rings. The summed E-state index contributed by atoms with van der Waals surface area (Å²) in [6, 6.07) is 14.2. The molecule has 0 spiro atoms. The lowest BCUT2D eigenvalue weighted by atomic mass is 9.75. The fraction of sp³-hybridized carbons (Fsp3) is 0.375. The number of esters is 2. The van der Waals surface area contributed by atoms with Crippen LogP contribution in [0.15, 0.2) is 71.2 Å². The molecule has 0 aromatic heterocycles. The Balaban J connectivity index is 2.13. The summed E-state index contributed by atoms with van der Waals surface area (Å²) in [5.41, 5.74) is 2.21. The number of allylic oxidation sites excluding steroid dienone is 2. The van der Waals surface area contributed by atoms with Crippen molar-refractivity contribution < 1.29 is 38.9 Å². The summed E-state index contributed by atoms with van der Waals surface area (Å²) in [4.78, 5) is 51.9. The first-order valence-corrected chi connectivity index (χ1v) is 13.2. The van der Waals surface area contributed by atoms with Gasteiger partial charge in [-0.3, -0.25) is 19.2 Å². The zero-order valence-corrected chi connectivity index (χ0v) is 23.7. The normalized spacial score (nSPS) is 15.5. The van der Waals surface area contributed by atoms with Crippen LogP contribution in [0.5, 0.6) is 0 Å². The lowest BCUT2D eigenvalue weighted by molar-refractivity contribution is -0.142. The molecule has 1 aliphatic carbocycles. The molecule has 40 heavy (non-hydrogen) atoms. The third-order valence-corrected chi connectivity index (χ3v) is 7.33. The van der Waals surface area contributed by atoms with Gasteiger partial charge < -0.3 is 19.7 Å². The second-order valence-corrected chi connectivity index (χ2v) is 10.5. The predicted molar refractivity (Wildman–Crippen MR) is 149 cm³/mol. The van der Waals surface area contributed by atoms with Crippen LogP contribution < -0.4 is 0 Å². The minimum atomic E-state index is -1.06. The van der Waals surface area contributed by atoms with E-state index in [1.165, 1.54) is 14.2 Å². The van der Waals surface area contributed by atoms with Gasteiger partial charge in [-0.1, -0.05) is 76.2 Å². The van der Waals surface area contributed by atoms with Gasteiger partial charge in [-0.25, -0.2) is 0 Å². The smallest absolute Gasteiger partial charge is 0.306 e. The first-order chi connectivity index (χ1) is 18.9. The van der Waals surface area contributed by atoms with Crippen molar-refractivity contribution in [3.8, 4) is 0 Å². The number of ether oxygens (including phenoxy) is 2. The van der Waals surface area contributed by atoms with Gasteiger partial charge >= 0.3 is 11.9 Å². The van der Waals surface area contributed by atoms with Gasteiger partial charge in [0, 0.05) is 11.8 Å². The Morgan fingerprint density at radius 1 is 0.600 bits per heavy atom. The lowest BCUT2D eigenvalue weighted by Gasteiger charge is -2.27. The molecule has 0 amide bonds. The van der Waals surface area contributed by atoms with E-state index in [1.807, 2.05) is 52.0 Å². The summed E-state index contributed by atoms with van der Waals surface area (Å²) in [6.45, 7) is 8.07. The Morgan fingerprint density at radius 2 is 0.875 bits per heavy atom. The second kappa shape index (κ2) is 12.8. The minimum Gasteiger partial charge on any atom is -0.504 e. The Kier molecular flexibility index (Phi) is 9.69. The molecule has 2 atom stereocenters. The Bertz CT molecular complexity index is 1240. The summed E-state index contributed by atoms with van der Waals surface area (Å²) >= 11 is 0. The molecule has 8 nitrogen and oxygen atoms in total. The van der Waals surface area contributed by atoms with Crippen molar-refractivity contribution in [3.05, 3.63) is 93.4 Å². The van der Waals surface area contributed by atoms with Crippen LogP contribution >= 0.6 is 0 Å². The zero-order chi connectivity index (χ0) is 29.7. The highest BCUT2D eigenvalue weighted by atomic mass is 16.5. The SMILES string of the molecule is COC(=O)C[C@@H](C1=C(O)C(=O)C([C@H](CC(=O)OC)c2ccc(C(C)C)cc2)=C(O)C1=O)c1ccc(C(C)C)cc1. The van der Waals surface area contributed by atoms with E-state index >= 15 is 0 Å². The van der Waals surface area contributed by atoms with E-state index < -0.39 is 58.0 Å². The van der Waals surface area contributed by atoms with Crippen molar-refractivity contribution in [2.45, 2.75) is 64.2 Å². The number of aliphatic hydroxyl groups is 2. The van der Waals surface area contributed by atoms with Gasteiger partial charge in [0.15, 0.2) is 11.5 Å². The number of ketones is 2. The number of carbonyl (C=O) groups excluding carboxylic acids is 4. The standard InChI is InChI=1S/C32H36O8/c1-17(2)19-7-11-21(12-8-19)23(15-25(33)39-5)27-29(35)31(37)28(32(38)30(27)36)24(16-26(34)40-6)22-13-9-20(10-14-22)18(3)4/h7-14,17-18,23-24,35,38H,15-16H2,1-6H3/t23-,24-/m1/s1. The van der Waals surface area contributed by atoms with Crippen LogP contribution in [0, 0.1) is 0 Å². The van der Waals surface area contributed by atoms with Crippen molar-refractivity contribution in [1.29, 1.82) is 0 Å². The van der Waals surface area contributed by atoms with Crippen LogP contribution in [0.3, 0.4) is 0 Å². The molecule has 8 heteroatoms. The van der Waals surface area contributed by atoms with Crippen LogP contribution in [-0.4, -0.2) is 47.9 Å². The highest BCUT2D eigenvalue weighted by molar-refractivity contribution is 6.24. The topological polar surface area (TPSA) is 127 Å². The monoisotopic (exact) mass is 548 g/mol. The molecule has 1 aliphatic rings. The van der Waals surface area contributed by atoms with Gasteiger partial charge in [-0.15, -0.1) is 0 Å². The van der Waals surface area contributed by atoms with Gasteiger partial charge in [0.1, 0.15) is 0 Å². The van der Waals surface area contributed by atoms with Crippen LogP contribution in [0.1, 0.15) is 86.5 Å². The molecular weight excluding hydrogens is 512 g/mol. The minimum absolute atomic E-state index is 0.231. The molecule has 0 heterocycles. The van der Waals surface area contributed by atoms with E-state index in [2.05, 4.69) is 0 Å². The molecular formula is C32H36O8. The molecule has 0 radical (unpaired) electrons. The highest BCUT2D eigenvalue weighted by Crippen LogP contribution is 2.41. The maximum atomic E-state index is 13.6. The second-order valence-electron chi connectivity index (χ2n) is 10.5. The van der Waals surface area contributed by atoms with E-state index in [0.29, 0.717) is 11.1 Å². The largest absolute Gasteiger partial charge is 0.504 e. The average molecular weight is 549 g/mol. The lowest BCUT2D eigenvalue weighted by Crippen LogP contribution is -2.31. The third-order valence-electron chi connectivity index (χ3n) is 7.33. The number of hydrogen-bond donors (Lipinski definition) is 2. The summed E-state index contributed by atoms with van der Waals surface area (Å²) in [6.07, 6.45) is -0.693. The van der Waals surface area contributed by atoms with Gasteiger partial charge in [-0.05, 0) is 34.1 Å². The number of carbonyl (C=O) groups is 4. The van der Waals surface area contributed by atoms with E-state index in [0.717, 1.165) is 11.1 Å². The maximum absolute atomic E-state index is 13.6. The number of aliphatic hydroxyl groups excluding tert-OH is 2. The van der Waals surface area contributed by atoms with Gasteiger partial charge in [0.2, 0.25) is 11.6 Å². The molecule has 212 valence electrons. The van der Waals surface area contributed by atoms with Crippen LogP contribution in [0.25, 0.3) is 0 Å². The fourth-order valence-corrected chi connectivity index (χ4v) is 4.86. The van der Waals surface area contributed by atoms with E-state index in [9.17, 15) is 29.4 Å². The Hall–Kier alpha value is -4.20. The number of rotatable bonds is 10. The van der Waals surface area contributed by atoms with Crippen LogP contribution in [0.4, 0.5) is 0 Å². The van der Waals surface area contributed by atoms with E-state index in [4.69, 9.17) is 9.47 Å². The molecule has 0 aliphatic heterocycles. The van der Waals surface area contributed by atoms with E-state index in [1.54, 1.807) is 24.3 Å². The van der Waals surface area contributed by atoms with Crippen LogP contribution in [0.2, 0.25) is 0 Å². The van der Waals surface area contributed by atoms with Gasteiger partial charge in [0.25, 0.3) is 0 Å². The summed E-state index contributed by atoms with van der Waals surface area (Å²) in [5.74, 6) is -6.74. The van der Waals surface area contributed by atoms with Crippen molar-refractivity contribution in [1.82, 2.24) is 0 Å². The Labute approximate surface area is 234 Å². The molecule has 2 N–H and O–H groups in total. The molecule has 3 rings (SSSR count). The zero-order valence-electron chi connectivity index (χ0n) is 23.7. The van der Waals surface area contributed by atoms with Crippen molar-refractivity contribution in [2.24, 2.45) is 0 Å². The van der Waals surface area contributed by atoms with Crippen molar-refractivity contribution in [2.75, 3.05) is 14.2 Å². The van der Waals surface area contributed by atoms with Gasteiger partial charge in [0.05, 0.1) is 38.2 Å². The van der Waals surface area contributed by atoms with Crippen molar-refractivity contribution >= 4 is 23.5 Å². The highest BCUT2D eigenvalue weighted by Gasteiger charge is 2.43. The average Bonchev–Trinajstić information content (AvgIpc) is 2.95. The summed E-state index contributed by atoms with van der Waals surface area (Å²) < 4.78 is 9.63. The number of benzene rings is 2. The summed E-state index contributed by atoms with van der Waals surface area (Å²) in [7, 11) is 2.39. The first kappa shape index (κ1) is 30.3. The van der Waals surface area contributed by atoms with Gasteiger partial charge in [-0.2, -0.15) is 0 Å². The Morgan fingerprint density at radius 3 is 1.12 bits per heavy atom. The van der Waals surface area contributed by atoms with Crippen molar-refractivity contribution in [3.63, 3.8) is 0 Å². The predicted octanol–water partition coefficient (Wildman–Crippen LogP) is 5.70. The third kappa shape index (κ3) is 6.33. The first-order valence-electron chi connectivity index (χ1n) is 13.2. The maximum Gasteiger partial charge on any atom is 0.306 e. The molecule has 0 saturated heterocycles. The van der Waals surface area contributed by atoms with E-state index in [-0.39, 0.29) is 24.7 Å².